The number of nitrogens with two attached hydrogens (primary N) is 1. The quantitative estimate of drug-likeness (QED) is 0.777. The Balaban J connectivity index is 2.77. The van der Waals surface area contributed by atoms with E-state index in [0.29, 0.717) is 17.9 Å². The van der Waals surface area contributed by atoms with Crippen molar-refractivity contribution < 1.29 is 0 Å². The lowest BCUT2D eigenvalue weighted by Crippen LogP contribution is -2.28. The normalized spacial score (nSPS) is 11.9. The molecule has 4 heteroatoms. The molecule has 1 aromatic heterocycles. The number of anilines is 1. The highest BCUT2D eigenvalue weighted by Gasteiger charge is 2.06. The van der Waals surface area contributed by atoms with E-state index < -0.39 is 0 Å². The van der Waals surface area contributed by atoms with Crippen LogP contribution in [0.5, 0.6) is 0 Å². The van der Waals surface area contributed by atoms with E-state index in [-0.39, 0.29) is 6.04 Å². The van der Waals surface area contributed by atoms with Crippen LogP contribution in [0.1, 0.15) is 24.5 Å². The Kier molecular flexibility index (Phi) is 4.07. The first kappa shape index (κ1) is 11.5. The minimum absolute atomic E-state index is 0.0962. The molecule has 80 valence electrons. The molecule has 1 unspecified atom stereocenters. The molecule has 0 saturated heterocycles. The molecular weight excluding hydrogens is 188 g/mol. The maximum atomic E-state index is 8.96. The van der Waals surface area contributed by atoms with Crippen LogP contribution in [0, 0.1) is 18.3 Å². The van der Waals surface area contributed by atoms with Crippen molar-refractivity contribution in [1.29, 1.82) is 5.26 Å². The van der Waals surface area contributed by atoms with Crippen LogP contribution in [0.3, 0.4) is 0 Å². The van der Waals surface area contributed by atoms with Crippen molar-refractivity contribution in [2.24, 2.45) is 5.73 Å². The third-order valence-electron chi connectivity index (χ3n) is 2.33. The van der Waals surface area contributed by atoms with E-state index in [9.17, 15) is 0 Å². The standard InChI is InChI=1S/C11H16N4/c1-3-9(13)7-15-11-10(6-12)8(2)4-5-14-11/h4-5,9H,3,7,13H2,1-2H3,(H,14,15). The summed E-state index contributed by atoms with van der Waals surface area (Å²) < 4.78 is 0. The van der Waals surface area contributed by atoms with Gasteiger partial charge in [-0.3, -0.25) is 0 Å². The molecule has 0 aliphatic carbocycles. The third-order valence-corrected chi connectivity index (χ3v) is 2.33. The van der Waals surface area contributed by atoms with E-state index in [1.165, 1.54) is 0 Å². The Morgan fingerprint density at radius 2 is 2.40 bits per heavy atom. The van der Waals surface area contributed by atoms with E-state index >= 15 is 0 Å². The molecule has 1 aromatic rings. The van der Waals surface area contributed by atoms with Crippen molar-refractivity contribution >= 4 is 5.82 Å². The molecule has 0 spiro atoms. The zero-order valence-corrected chi connectivity index (χ0v) is 9.12. The van der Waals surface area contributed by atoms with Crippen molar-refractivity contribution in [1.82, 2.24) is 4.98 Å². The molecule has 0 aromatic carbocycles. The highest BCUT2D eigenvalue weighted by atomic mass is 15.0. The van der Waals surface area contributed by atoms with Crippen LogP contribution in [0.25, 0.3) is 0 Å². The first-order valence-corrected chi connectivity index (χ1v) is 5.04. The van der Waals surface area contributed by atoms with Gasteiger partial charge in [-0.05, 0) is 25.0 Å². The van der Waals surface area contributed by atoms with Gasteiger partial charge >= 0.3 is 0 Å². The molecule has 3 N–H and O–H groups in total. The molecule has 0 aliphatic heterocycles. The zero-order valence-electron chi connectivity index (χ0n) is 9.12. The summed E-state index contributed by atoms with van der Waals surface area (Å²) in [7, 11) is 0. The van der Waals surface area contributed by atoms with Crippen LogP contribution in [0.2, 0.25) is 0 Å². The molecule has 0 radical (unpaired) electrons. The minimum atomic E-state index is 0.0962. The number of aromatic nitrogens is 1. The van der Waals surface area contributed by atoms with Crippen LogP contribution in [-0.2, 0) is 0 Å². The molecule has 4 nitrogen and oxygen atoms in total. The summed E-state index contributed by atoms with van der Waals surface area (Å²) in [4.78, 5) is 4.13. The Morgan fingerprint density at radius 3 is 3.00 bits per heavy atom. The molecule has 1 rings (SSSR count). The Morgan fingerprint density at radius 1 is 1.67 bits per heavy atom. The highest BCUT2D eigenvalue weighted by molar-refractivity contribution is 5.55. The number of rotatable bonds is 4. The van der Waals surface area contributed by atoms with E-state index in [4.69, 9.17) is 11.0 Å². The van der Waals surface area contributed by atoms with Gasteiger partial charge in [-0.1, -0.05) is 6.92 Å². The Hall–Kier alpha value is -1.60. The van der Waals surface area contributed by atoms with Gasteiger partial charge in [0, 0.05) is 18.8 Å². The molecule has 1 atom stereocenters. The van der Waals surface area contributed by atoms with Crippen LogP contribution < -0.4 is 11.1 Å². The van der Waals surface area contributed by atoms with Crippen molar-refractivity contribution in [2.75, 3.05) is 11.9 Å². The lowest BCUT2D eigenvalue weighted by Gasteiger charge is -2.12. The number of nitrogens with one attached hydrogen (secondary N) is 1. The van der Waals surface area contributed by atoms with E-state index in [1.807, 2.05) is 19.9 Å². The predicted octanol–water partition coefficient (Wildman–Crippen LogP) is 1.41. The summed E-state index contributed by atoms with van der Waals surface area (Å²) in [5.74, 6) is 0.626. The maximum absolute atomic E-state index is 8.96. The summed E-state index contributed by atoms with van der Waals surface area (Å²) in [6.07, 6.45) is 2.59. The van der Waals surface area contributed by atoms with Gasteiger partial charge in [0.1, 0.15) is 11.9 Å². The van der Waals surface area contributed by atoms with Crippen molar-refractivity contribution in [3.05, 3.63) is 23.4 Å². The summed E-state index contributed by atoms with van der Waals surface area (Å²) in [6.45, 7) is 4.56. The second-order valence-electron chi connectivity index (χ2n) is 3.51. The van der Waals surface area contributed by atoms with Crippen molar-refractivity contribution in [3.8, 4) is 6.07 Å². The van der Waals surface area contributed by atoms with Gasteiger partial charge in [-0.15, -0.1) is 0 Å². The predicted molar refractivity (Wildman–Crippen MR) is 60.4 cm³/mol. The number of hydrogen-bond donors (Lipinski definition) is 2. The first-order valence-electron chi connectivity index (χ1n) is 5.04. The lowest BCUT2D eigenvalue weighted by molar-refractivity contribution is 0.677. The largest absolute Gasteiger partial charge is 0.367 e. The average molecular weight is 204 g/mol. The van der Waals surface area contributed by atoms with Gasteiger partial charge in [0.15, 0.2) is 0 Å². The molecule has 1 heterocycles. The average Bonchev–Trinajstić information content (AvgIpc) is 2.25. The lowest BCUT2D eigenvalue weighted by atomic mass is 10.1. The summed E-state index contributed by atoms with van der Waals surface area (Å²) in [5, 5.41) is 12.1. The van der Waals surface area contributed by atoms with Crippen LogP contribution >= 0.6 is 0 Å². The molecule has 15 heavy (non-hydrogen) atoms. The monoisotopic (exact) mass is 204 g/mol. The topological polar surface area (TPSA) is 74.7 Å². The fourth-order valence-electron chi connectivity index (χ4n) is 1.21. The molecular formula is C11H16N4. The number of aryl methyl sites for hydroxylation is 1. The fraction of sp³-hybridized carbons (Fsp3) is 0.455. The Bertz CT molecular complexity index is 367. The maximum Gasteiger partial charge on any atom is 0.144 e. The number of nitriles is 1. The number of pyridine rings is 1. The first-order chi connectivity index (χ1) is 7.19. The minimum Gasteiger partial charge on any atom is -0.367 e. The van der Waals surface area contributed by atoms with Gasteiger partial charge in [-0.25, -0.2) is 4.98 Å². The second-order valence-corrected chi connectivity index (χ2v) is 3.51. The van der Waals surface area contributed by atoms with E-state index in [2.05, 4.69) is 16.4 Å². The summed E-state index contributed by atoms with van der Waals surface area (Å²) in [5.41, 5.74) is 7.31. The second kappa shape index (κ2) is 5.32. The Labute approximate surface area is 90.1 Å². The van der Waals surface area contributed by atoms with Gasteiger partial charge in [-0.2, -0.15) is 5.26 Å². The molecule has 0 saturated carbocycles. The van der Waals surface area contributed by atoms with Gasteiger partial charge in [0.05, 0.1) is 5.56 Å². The van der Waals surface area contributed by atoms with Gasteiger partial charge < -0.3 is 11.1 Å². The smallest absolute Gasteiger partial charge is 0.144 e. The summed E-state index contributed by atoms with van der Waals surface area (Å²) in [6, 6.07) is 4.06. The van der Waals surface area contributed by atoms with Crippen molar-refractivity contribution in [3.63, 3.8) is 0 Å². The molecule has 0 bridgehead atoms. The number of hydrogen-bond acceptors (Lipinski definition) is 4. The zero-order chi connectivity index (χ0) is 11.3. The summed E-state index contributed by atoms with van der Waals surface area (Å²) >= 11 is 0. The van der Waals surface area contributed by atoms with Gasteiger partial charge in [0.2, 0.25) is 0 Å². The van der Waals surface area contributed by atoms with Gasteiger partial charge in [0.25, 0.3) is 0 Å². The number of nitrogens with zero attached hydrogens (tertiary/aromatic N) is 2. The molecule has 0 amide bonds. The molecule has 0 fully saturated rings. The van der Waals surface area contributed by atoms with Crippen LogP contribution in [0.4, 0.5) is 5.82 Å². The molecule has 0 aliphatic rings. The third kappa shape index (κ3) is 2.93. The van der Waals surface area contributed by atoms with E-state index in [0.717, 1.165) is 12.0 Å². The van der Waals surface area contributed by atoms with E-state index in [1.54, 1.807) is 6.20 Å². The van der Waals surface area contributed by atoms with Crippen molar-refractivity contribution in [2.45, 2.75) is 26.3 Å². The SMILES string of the molecule is CCC(N)CNc1nccc(C)c1C#N. The van der Waals surface area contributed by atoms with Crippen LogP contribution in [0.15, 0.2) is 12.3 Å². The van der Waals surface area contributed by atoms with Crippen LogP contribution in [-0.4, -0.2) is 17.6 Å². The fourth-order valence-corrected chi connectivity index (χ4v) is 1.21. The highest BCUT2D eigenvalue weighted by Crippen LogP contribution is 2.14.